The highest BCUT2D eigenvalue weighted by molar-refractivity contribution is 5.72. The predicted molar refractivity (Wildman–Crippen MR) is 46.8 cm³/mol. The van der Waals surface area contributed by atoms with Crippen LogP contribution < -0.4 is 0 Å². The Labute approximate surface area is 76.2 Å². The summed E-state index contributed by atoms with van der Waals surface area (Å²) in [6.45, 7) is 1.65. The maximum absolute atomic E-state index is 10.3. The normalized spacial score (nSPS) is 10.2. The van der Waals surface area contributed by atoms with E-state index in [0.29, 0.717) is 6.61 Å². The maximum atomic E-state index is 10.3. The van der Waals surface area contributed by atoms with Gasteiger partial charge in [-0.25, -0.2) is 0 Å². The van der Waals surface area contributed by atoms with Gasteiger partial charge in [-0.05, 0) is 5.56 Å². The van der Waals surface area contributed by atoms with Crippen molar-refractivity contribution >= 4 is 5.91 Å². The molecule has 0 aromatic heterocycles. The second-order valence-electron chi connectivity index (χ2n) is 2.46. The number of benzene rings is 1. The Morgan fingerprint density at radius 3 is 2.69 bits per heavy atom. The number of carbonyl (C=O) groups is 1. The first-order valence-corrected chi connectivity index (χ1v) is 3.86. The molecule has 13 heavy (non-hydrogen) atoms. The van der Waals surface area contributed by atoms with Crippen molar-refractivity contribution in [1.82, 2.24) is 0 Å². The van der Waals surface area contributed by atoms with Crippen LogP contribution in [0.3, 0.4) is 0 Å². The van der Waals surface area contributed by atoms with Gasteiger partial charge in [0.25, 0.3) is 5.91 Å². The zero-order chi connectivity index (χ0) is 9.52. The van der Waals surface area contributed by atoms with E-state index < -0.39 is 0 Å². The largest absolute Gasteiger partial charge is 0.374 e. The number of hydrogen-bond acceptors (Lipinski definition) is 3. The van der Waals surface area contributed by atoms with E-state index in [1.807, 2.05) is 30.3 Å². The molecule has 0 radical (unpaired) electrons. The van der Waals surface area contributed by atoms with E-state index in [-0.39, 0.29) is 5.91 Å². The topological polar surface area (TPSA) is 51.0 Å². The molecule has 0 saturated heterocycles. The molecule has 4 nitrogen and oxygen atoms in total. The van der Waals surface area contributed by atoms with E-state index in [9.17, 15) is 4.79 Å². The van der Waals surface area contributed by atoms with Gasteiger partial charge in [0.1, 0.15) is 6.61 Å². The summed E-state index contributed by atoms with van der Waals surface area (Å²) < 4.78 is 0. The third-order valence-electron chi connectivity index (χ3n) is 1.31. The molecule has 0 atom stereocenters. The molecule has 0 heterocycles. The maximum Gasteiger partial charge on any atom is 0.264 e. The minimum Gasteiger partial charge on any atom is -0.374 e. The molecule has 0 saturated carbocycles. The molecule has 0 aliphatic heterocycles. The summed E-state index contributed by atoms with van der Waals surface area (Å²) in [5.41, 5.74) is 0.991. The summed E-state index contributed by atoms with van der Waals surface area (Å²) in [5.74, 6) is -0.368. The Kier molecular flexibility index (Phi) is 3.63. The van der Waals surface area contributed by atoms with Crippen LogP contribution in [0.1, 0.15) is 12.5 Å². The molecule has 1 amide bonds. The lowest BCUT2D eigenvalue weighted by Gasteiger charge is -1.96. The molecule has 68 valence electrons. The van der Waals surface area contributed by atoms with Crippen LogP contribution in [0.25, 0.3) is 0 Å². The third-order valence-corrected chi connectivity index (χ3v) is 1.31. The molecule has 0 N–H and O–H groups in total. The summed E-state index contributed by atoms with van der Waals surface area (Å²) in [6.07, 6.45) is 0. The van der Waals surface area contributed by atoms with Gasteiger partial charge in [0.05, 0.1) is 0 Å². The molecular formula is C9H10N2O2. The lowest BCUT2D eigenvalue weighted by Crippen LogP contribution is -1.86. The molecule has 0 aliphatic rings. The van der Waals surface area contributed by atoms with Crippen LogP contribution in [0, 0.1) is 0 Å². The summed E-state index contributed by atoms with van der Waals surface area (Å²) in [4.78, 5) is 15.1. The molecule has 0 spiro atoms. The molecule has 1 aromatic rings. The summed E-state index contributed by atoms with van der Waals surface area (Å²) >= 11 is 0. The van der Waals surface area contributed by atoms with Gasteiger partial charge in [-0.3, -0.25) is 4.79 Å². The molecular weight excluding hydrogens is 168 g/mol. The number of nitrogens with zero attached hydrogens (tertiary/aromatic N) is 2. The average molecular weight is 178 g/mol. The van der Waals surface area contributed by atoms with E-state index in [2.05, 4.69) is 10.4 Å². The van der Waals surface area contributed by atoms with Crippen molar-refractivity contribution in [2.45, 2.75) is 13.5 Å². The van der Waals surface area contributed by atoms with Crippen LogP contribution >= 0.6 is 0 Å². The van der Waals surface area contributed by atoms with Crippen molar-refractivity contribution in [1.29, 1.82) is 0 Å². The van der Waals surface area contributed by atoms with Crippen molar-refractivity contribution in [3.63, 3.8) is 0 Å². The lowest BCUT2D eigenvalue weighted by molar-refractivity contribution is -0.117. The van der Waals surface area contributed by atoms with Crippen LogP contribution in [0.4, 0.5) is 0 Å². The van der Waals surface area contributed by atoms with Crippen LogP contribution in [-0.2, 0) is 16.2 Å². The lowest BCUT2D eigenvalue weighted by atomic mass is 10.2. The highest BCUT2D eigenvalue weighted by Gasteiger charge is 1.89. The van der Waals surface area contributed by atoms with Gasteiger partial charge in [-0.2, -0.15) is 0 Å². The number of rotatable bonds is 3. The summed E-state index contributed by atoms with van der Waals surface area (Å²) in [6, 6.07) is 9.54. The van der Waals surface area contributed by atoms with Crippen molar-refractivity contribution in [2.75, 3.05) is 0 Å². The monoisotopic (exact) mass is 178 g/mol. The van der Waals surface area contributed by atoms with E-state index in [1.165, 1.54) is 6.92 Å². The predicted octanol–water partition coefficient (Wildman–Crippen LogP) is 2.12. The molecule has 4 heteroatoms. The minimum atomic E-state index is -0.368. The number of hydrogen-bond donors (Lipinski definition) is 0. The first kappa shape index (κ1) is 9.38. The van der Waals surface area contributed by atoms with Crippen LogP contribution in [0.2, 0.25) is 0 Å². The summed E-state index contributed by atoms with van der Waals surface area (Å²) in [7, 11) is 0. The van der Waals surface area contributed by atoms with Crippen LogP contribution in [0.15, 0.2) is 40.7 Å². The van der Waals surface area contributed by atoms with Gasteiger partial charge in [0.15, 0.2) is 0 Å². The van der Waals surface area contributed by atoms with Gasteiger partial charge in [-0.1, -0.05) is 35.4 Å². The fourth-order valence-corrected chi connectivity index (χ4v) is 0.764. The first-order valence-electron chi connectivity index (χ1n) is 3.86. The second kappa shape index (κ2) is 5.03. The van der Waals surface area contributed by atoms with Crippen molar-refractivity contribution in [3.05, 3.63) is 35.9 Å². The zero-order valence-electron chi connectivity index (χ0n) is 7.30. The van der Waals surface area contributed by atoms with Crippen molar-refractivity contribution in [3.8, 4) is 0 Å². The van der Waals surface area contributed by atoms with E-state index in [1.54, 1.807) is 0 Å². The Balaban J connectivity index is 2.32. The van der Waals surface area contributed by atoms with Gasteiger partial charge < -0.3 is 4.84 Å². The minimum absolute atomic E-state index is 0.331. The molecule has 0 fully saturated rings. The zero-order valence-corrected chi connectivity index (χ0v) is 7.30. The van der Waals surface area contributed by atoms with Gasteiger partial charge in [-0.15, -0.1) is 0 Å². The van der Waals surface area contributed by atoms with E-state index in [0.717, 1.165) is 5.56 Å². The van der Waals surface area contributed by atoms with E-state index in [4.69, 9.17) is 4.84 Å². The van der Waals surface area contributed by atoms with Crippen molar-refractivity contribution in [2.24, 2.45) is 10.4 Å². The van der Waals surface area contributed by atoms with Gasteiger partial charge >= 0.3 is 0 Å². The van der Waals surface area contributed by atoms with Crippen LogP contribution in [0.5, 0.6) is 0 Å². The summed E-state index contributed by atoms with van der Waals surface area (Å²) in [5, 5.41) is 6.45. The highest BCUT2D eigenvalue weighted by Crippen LogP contribution is 2.00. The van der Waals surface area contributed by atoms with Crippen LogP contribution in [-0.4, -0.2) is 5.91 Å². The Morgan fingerprint density at radius 2 is 2.08 bits per heavy atom. The Hall–Kier alpha value is -1.71. The molecule has 0 aliphatic carbocycles. The standard InChI is InChI=1S/C9H10N2O2/c1-8(12)10-11-13-7-9-5-3-2-4-6-9/h2-6H,7H2,1H3. The first-order chi connectivity index (χ1) is 6.29. The van der Waals surface area contributed by atoms with Gasteiger partial charge in [0.2, 0.25) is 0 Å². The second-order valence-corrected chi connectivity index (χ2v) is 2.46. The smallest absolute Gasteiger partial charge is 0.264 e. The van der Waals surface area contributed by atoms with E-state index >= 15 is 0 Å². The fourth-order valence-electron chi connectivity index (χ4n) is 0.764. The van der Waals surface area contributed by atoms with Gasteiger partial charge in [0, 0.05) is 12.2 Å². The van der Waals surface area contributed by atoms with Crippen molar-refractivity contribution < 1.29 is 9.63 Å². The fraction of sp³-hybridized carbons (Fsp3) is 0.222. The third kappa shape index (κ3) is 4.00. The highest BCUT2D eigenvalue weighted by atomic mass is 16.6. The average Bonchev–Trinajstić information content (AvgIpc) is 2.14. The SMILES string of the molecule is CC(=O)N=NOCc1ccccc1. The molecule has 0 bridgehead atoms. The number of carbonyl (C=O) groups excluding carboxylic acids is 1. The molecule has 1 rings (SSSR count). The molecule has 0 unspecified atom stereocenters. The molecule has 1 aromatic carbocycles. The number of amides is 1. The quantitative estimate of drug-likeness (QED) is 0.525. The Bertz CT molecular complexity index is 296. The Morgan fingerprint density at radius 1 is 1.38 bits per heavy atom.